The van der Waals surface area contributed by atoms with Gasteiger partial charge in [0.15, 0.2) is 0 Å². The van der Waals surface area contributed by atoms with Crippen LogP contribution < -0.4 is 5.32 Å². The zero-order chi connectivity index (χ0) is 11.3. The molecule has 0 aromatic carbocycles. The van der Waals surface area contributed by atoms with Crippen molar-refractivity contribution in [2.24, 2.45) is 5.41 Å². The Bertz CT molecular complexity index is 286. The molecule has 1 nitrogen and oxygen atoms in total. The molecule has 1 saturated carbocycles. The van der Waals surface area contributed by atoms with E-state index in [1.807, 2.05) is 11.3 Å². The predicted octanol–water partition coefficient (Wildman–Crippen LogP) is 3.85. The summed E-state index contributed by atoms with van der Waals surface area (Å²) in [6.45, 7) is 4.73. The number of hydrogen-bond acceptors (Lipinski definition) is 2. The van der Waals surface area contributed by atoms with Crippen molar-refractivity contribution < 1.29 is 0 Å². The number of hydrogen-bond donors (Lipinski definition) is 1. The maximum Gasteiger partial charge on any atom is 0.00578 e. The standard InChI is InChI=1S/C14H23NS/c1-2-14(8-3-4-9-14)12-15-10-7-13-6-5-11-16-13/h5-6,11,15H,2-4,7-10,12H2,1H3. The average molecular weight is 237 g/mol. The lowest BCUT2D eigenvalue weighted by molar-refractivity contribution is 0.270. The summed E-state index contributed by atoms with van der Waals surface area (Å²) in [5.74, 6) is 0. The van der Waals surface area contributed by atoms with Crippen molar-refractivity contribution in [2.75, 3.05) is 13.1 Å². The van der Waals surface area contributed by atoms with Crippen LogP contribution in [0.1, 0.15) is 43.9 Å². The number of rotatable bonds is 6. The second-order valence-corrected chi connectivity index (χ2v) is 6.10. The summed E-state index contributed by atoms with van der Waals surface area (Å²) in [4.78, 5) is 1.50. The van der Waals surface area contributed by atoms with Gasteiger partial charge < -0.3 is 5.32 Å². The van der Waals surface area contributed by atoms with Gasteiger partial charge in [-0.05, 0) is 49.1 Å². The first-order valence-corrected chi connectivity index (χ1v) is 7.46. The lowest BCUT2D eigenvalue weighted by Crippen LogP contribution is -2.32. The Labute approximate surface area is 103 Å². The monoisotopic (exact) mass is 237 g/mol. The van der Waals surface area contributed by atoms with Crippen LogP contribution in [-0.4, -0.2) is 13.1 Å². The fraction of sp³-hybridized carbons (Fsp3) is 0.714. The molecular formula is C14H23NS. The first-order chi connectivity index (χ1) is 7.85. The summed E-state index contributed by atoms with van der Waals surface area (Å²) in [5.41, 5.74) is 0.634. The van der Waals surface area contributed by atoms with Gasteiger partial charge >= 0.3 is 0 Å². The average Bonchev–Trinajstić information content (AvgIpc) is 2.97. The van der Waals surface area contributed by atoms with Crippen LogP contribution >= 0.6 is 11.3 Å². The van der Waals surface area contributed by atoms with Crippen molar-refractivity contribution in [3.63, 3.8) is 0 Å². The molecule has 1 N–H and O–H groups in total. The molecule has 1 aliphatic rings. The van der Waals surface area contributed by atoms with Gasteiger partial charge in [0.2, 0.25) is 0 Å². The molecule has 16 heavy (non-hydrogen) atoms. The van der Waals surface area contributed by atoms with Crippen molar-refractivity contribution in [1.82, 2.24) is 5.32 Å². The molecule has 2 heteroatoms. The van der Waals surface area contributed by atoms with Gasteiger partial charge in [0.05, 0.1) is 0 Å². The smallest absolute Gasteiger partial charge is 0.00578 e. The third kappa shape index (κ3) is 3.08. The van der Waals surface area contributed by atoms with Gasteiger partial charge in [0.1, 0.15) is 0 Å². The molecule has 0 spiro atoms. The van der Waals surface area contributed by atoms with Crippen LogP contribution in [0.5, 0.6) is 0 Å². The molecule has 1 aromatic heterocycles. The van der Waals surface area contributed by atoms with Crippen LogP contribution in [0.25, 0.3) is 0 Å². The molecule has 0 unspecified atom stereocenters. The van der Waals surface area contributed by atoms with Crippen molar-refractivity contribution in [3.05, 3.63) is 22.4 Å². The number of nitrogens with one attached hydrogen (secondary N) is 1. The number of thiophene rings is 1. The Kier molecular flexibility index (Phi) is 4.42. The quantitative estimate of drug-likeness (QED) is 0.741. The first kappa shape index (κ1) is 12.1. The van der Waals surface area contributed by atoms with E-state index in [-0.39, 0.29) is 0 Å². The summed E-state index contributed by atoms with van der Waals surface area (Å²) in [6.07, 6.45) is 8.31. The first-order valence-electron chi connectivity index (χ1n) is 6.58. The third-order valence-corrected chi connectivity index (χ3v) is 4.98. The van der Waals surface area contributed by atoms with E-state index in [1.54, 1.807) is 0 Å². The maximum absolute atomic E-state index is 3.66. The second kappa shape index (κ2) is 5.83. The van der Waals surface area contributed by atoms with E-state index in [4.69, 9.17) is 0 Å². The van der Waals surface area contributed by atoms with Crippen LogP contribution in [0.2, 0.25) is 0 Å². The summed E-state index contributed by atoms with van der Waals surface area (Å²) in [7, 11) is 0. The molecule has 1 aromatic rings. The van der Waals surface area contributed by atoms with E-state index in [0.717, 1.165) is 6.54 Å². The van der Waals surface area contributed by atoms with Gasteiger partial charge in [0.25, 0.3) is 0 Å². The van der Waals surface area contributed by atoms with Crippen molar-refractivity contribution in [2.45, 2.75) is 45.4 Å². The van der Waals surface area contributed by atoms with Gasteiger partial charge in [-0.25, -0.2) is 0 Å². The normalized spacial score (nSPS) is 19.1. The molecule has 90 valence electrons. The zero-order valence-electron chi connectivity index (χ0n) is 10.3. The van der Waals surface area contributed by atoms with E-state index in [1.165, 1.54) is 49.9 Å². The molecule has 1 heterocycles. The van der Waals surface area contributed by atoms with Crippen molar-refractivity contribution >= 4 is 11.3 Å². The molecule has 0 aliphatic heterocycles. The minimum atomic E-state index is 0.634. The van der Waals surface area contributed by atoms with Crippen LogP contribution in [0, 0.1) is 5.41 Å². The van der Waals surface area contributed by atoms with E-state index < -0.39 is 0 Å². The fourth-order valence-corrected chi connectivity index (χ4v) is 3.51. The summed E-state index contributed by atoms with van der Waals surface area (Å²) in [5, 5.41) is 5.83. The van der Waals surface area contributed by atoms with Crippen molar-refractivity contribution in [1.29, 1.82) is 0 Å². The molecule has 0 bridgehead atoms. The van der Waals surface area contributed by atoms with Gasteiger partial charge in [-0.15, -0.1) is 11.3 Å². The molecule has 0 atom stereocenters. The second-order valence-electron chi connectivity index (χ2n) is 5.07. The van der Waals surface area contributed by atoms with E-state index in [2.05, 4.69) is 29.8 Å². The van der Waals surface area contributed by atoms with Gasteiger partial charge in [-0.2, -0.15) is 0 Å². The molecule has 1 fully saturated rings. The van der Waals surface area contributed by atoms with E-state index in [0.29, 0.717) is 5.41 Å². The molecule has 1 aliphatic carbocycles. The summed E-state index contributed by atoms with van der Waals surface area (Å²) in [6, 6.07) is 4.38. The Hall–Kier alpha value is -0.340. The highest BCUT2D eigenvalue weighted by molar-refractivity contribution is 7.09. The molecule has 0 saturated heterocycles. The highest BCUT2D eigenvalue weighted by Gasteiger charge is 2.31. The van der Waals surface area contributed by atoms with Crippen LogP contribution in [-0.2, 0) is 6.42 Å². The predicted molar refractivity (Wildman–Crippen MR) is 72.1 cm³/mol. The lowest BCUT2D eigenvalue weighted by atomic mass is 9.83. The van der Waals surface area contributed by atoms with Gasteiger partial charge in [-0.3, -0.25) is 0 Å². The largest absolute Gasteiger partial charge is 0.316 e. The van der Waals surface area contributed by atoms with Gasteiger partial charge in [-0.1, -0.05) is 25.8 Å². The highest BCUT2D eigenvalue weighted by Crippen LogP contribution is 2.40. The minimum Gasteiger partial charge on any atom is -0.316 e. The van der Waals surface area contributed by atoms with Crippen LogP contribution in [0.15, 0.2) is 17.5 Å². The molecule has 0 radical (unpaired) electrons. The van der Waals surface area contributed by atoms with E-state index >= 15 is 0 Å². The van der Waals surface area contributed by atoms with Gasteiger partial charge in [0, 0.05) is 11.4 Å². The Morgan fingerprint density at radius 1 is 1.38 bits per heavy atom. The minimum absolute atomic E-state index is 0.634. The summed E-state index contributed by atoms with van der Waals surface area (Å²) < 4.78 is 0. The fourth-order valence-electron chi connectivity index (χ4n) is 2.80. The van der Waals surface area contributed by atoms with Crippen LogP contribution in [0.4, 0.5) is 0 Å². The van der Waals surface area contributed by atoms with Crippen LogP contribution in [0.3, 0.4) is 0 Å². The lowest BCUT2D eigenvalue weighted by Gasteiger charge is -2.27. The molecule has 2 rings (SSSR count). The Balaban J connectivity index is 1.67. The Morgan fingerprint density at radius 3 is 2.81 bits per heavy atom. The SMILES string of the molecule is CCC1(CNCCc2cccs2)CCCC1. The summed E-state index contributed by atoms with van der Waals surface area (Å²) >= 11 is 1.87. The zero-order valence-corrected chi connectivity index (χ0v) is 11.1. The maximum atomic E-state index is 3.66. The third-order valence-electron chi connectivity index (χ3n) is 4.04. The topological polar surface area (TPSA) is 12.0 Å². The molecule has 0 amide bonds. The highest BCUT2D eigenvalue weighted by atomic mass is 32.1. The van der Waals surface area contributed by atoms with E-state index in [9.17, 15) is 0 Å². The Morgan fingerprint density at radius 2 is 2.19 bits per heavy atom. The molecular weight excluding hydrogens is 214 g/mol. The van der Waals surface area contributed by atoms with Crippen molar-refractivity contribution in [3.8, 4) is 0 Å².